The lowest BCUT2D eigenvalue weighted by molar-refractivity contribution is -0.126. The molecule has 106 valence electrons. The third-order valence-corrected chi connectivity index (χ3v) is 3.36. The van der Waals surface area contributed by atoms with E-state index in [1.54, 1.807) is 4.68 Å². The Labute approximate surface area is 113 Å². The molecule has 19 heavy (non-hydrogen) atoms. The third-order valence-electron chi connectivity index (χ3n) is 3.36. The van der Waals surface area contributed by atoms with Crippen LogP contribution in [0.1, 0.15) is 18.5 Å². The molecular formula is C12H22N6O. The molecule has 1 unspecified atom stereocenters. The van der Waals surface area contributed by atoms with Crippen LogP contribution in [0, 0.1) is 5.92 Å². The van der Waals surface area contributed by atoms with Crippen LogP contribution in [0.4, 0.5) is 0 Å². The average molecular weight is 266 g/mol. The van der Waals surface area contributed by atoms with Crippen molar-refractivity contribution in [1.82, 2.24) is 25.2 Å². The third kappa shape index (κ3) is 4.00. The number of aromatic nitrogens is 3. The average Bonchev–Trinajstić information content (AvgIpc) is 2.81. The largest absolute Gasteiger partial charge is 0.355 e. The molecule has 0 saturated carbocycles. The van der Waals surface area contributed by atoms with E-state index < -0.39 is 0 Å². The number of rotatable bonds is 5. The van der Waals surface area contributed by atoms with Gasteiger partial charge in [0.05, 0.1) is 11.6 Å². The maximum atomic E-state index is 11.9. The number of hydrogen-bond donors (Lipinski definition) is 2. The maximum absolute atomic E-state index is 11.9. The van der Waals surface area contributed by atoms with E-state index in [0.29, 0.717) is 13.1 Å². The van der Waals surface area contributed by atoms with Crippen LogP contribution in [0.3, 0.4) is 0 Å². The topological polar surface area (TPSA) is 89.1 Å². The number of nitrogens with two attached hydrogens (primary N) is 1. The minimum atomic E-state index is 0.0666. The fraction of sp³-hybridized carbons (Fsp3) is 0.750. The first kappa shape index (κ1) is 14.0. The zero-order valence-electron chi connectivity index (χ0n) is 11.4. The summed E-state index contributed by atoms with van der Waals surface area (Å²) < 4.78 is 1.70. The van der Waals surface area contributed by atoms with Crippen molar-refractivity contribution in [1.29, 1.82) is 0 Å². The van der Waals surface area contributed by atoms with Crippen LogP contribution in [0.5, 0.6) is 0 Å². The van der Waals surface area contributed by atoms with Gasteiger partial charge in [-0.1, -0.05) is 5.21 Å². The molecule has 1 aromatic heterocycles. The maximum Gasteiger partial charge on any atom is 0.224 e. The van der Waals surface area contributed by atoms with Crippen LogP contribution in [-0.4, -0.2) is 52.0 Å². The van der Waals surface area contributed by atoms with Gasteiger partial charge in [0, 0.05) is 39.4 Å². The first-order valence-corrected chi connectivity index (χ1v) is 6.74. The number of nitrogens with zero attached hydrogens (tertiary/aromatic N) is 4. The van der Waals surface area contributed by atoms with Crippen molar-refractivity contribution in [3.05, 3.63) is 11.9 Å². The lowest BCUT2D eigenvalue weighted by Crippen LogP contribution is -2.43. The first-order valence-electron chi connectivity index (χ1n) is 6.74. The van der Waals surface area contributed by atoms with Gasteiger partial charge in [0.25, 0.3) is 0 Å². The summed E-state index contributed by atoms with van der Waals surface area (Å²) >= 11 is 0. The fourth-order valence-electron chi connectivity index (χ4n) is 2.45. The molecule has 1 saturated heterocycles. The van der Waals surface area contributed by atoms with E-state index in [0.717, 1.165) is 38.2 Å². The minimum absolute atomic E-state index is 0.0666. The van der Waals surface area contributed by atoms with Crippen LogP contribution in [-0.2, 0) is 18.4 Å². The molecule has 1 aliphatic rings. The van der Waals surface area contributed by atoms with Crippen molar-refractivity contribution in [3.8, 4) is 0 Å². The molecule has 1 amide bonds. The molecule has 2 heterocycles. The quantitative estimate of drug-likeness (QED) is 0.721. The van der Waals surface area contributed by atoms with E-state index in [1.807, 2.05) is 13.2 Å². The van der Waals surface area contributed by atoms with Gasteiger partial charge in [0.1, 0.15) is 0 Å². The molecule has 0 spiro atoms. The van der Waals surface area contributed by atoms with Crippen molar-refractivity contribution in [2.24, 2.45) is 18.7 Å². The predicted octanol–water partition coefficient (Wildman–Crippen LogP) is -0.898. The Balaban J connectivity index is 1.84. The summed E-state index contributed by atoms with van der Waals surface area (Å²) in [5.41, 5.74) is 6.35. The highest BCUT2D eigenvalue weighted by Crippen LogP contribution is 2.18. The van der Waals surface area contributed by atoms with Crippen molar-refractivity contribution in [2.75, 3.05) is 26.2 Å². The van der Waals surface area contributed by atoms with E-state index in [-0.39, 0.29) is 11.8 Å². The monoisotopic (exact) mass is 266 g/mol. The molecule has 1 aliphatic heterocycles. The SMILES string of the molecule is Cn1cc(CN2CCCC(C(=O)NCCN)C2)nn1. The minimum Gasteiger partial charge on any atom is -0.355 e. The Kier molecular flexibility index (Phi) is 4.86. The van der Waals surface area contributed by atoms with Gasteiger partial charge in [0.2, 0.25) is 5.91 Å². The smallest absolute Gasteiger partial charge is 0.224 e. The van der Waals surface area contributed by atoms with Crippen molar-refractivity contribution in [2.45, 2.75) is 19.4 Å². The van der Waals surface area contributed by atoms with Gasteiger partial charge in [-0.2, -0.15) is 0 Å². The second kappa shape index (κ2) is 6.63. The van der Waals surface area contributed by atoms with Gasteiger partial charge in [-0.25, -0.2) is 0 Å². The number of hydrogen-bond acceptors (Lipinski definition) is 5. The van der Waals surface area contributed by atoms with Gasteiger partial charge in [0.15, 0.2) is 0 Å². The Bertz CT molecular complexity index is 418. The Morgan fingerprint density at radius 1 is 1.63 bits per heavy atom. The molecule has 7 nitrogen and oxygen atoms in total. The van der Waals surface area contributed by atoms with Crippen LogP contribution in [0.15, 0.2) is 6.20 Å². The highest BCUT2D eigenvalue weighted by molar-refractivity contribution is 5.78. The summed E-state index contributed by atoms with van der Waals surface area (Å²) in [6, 6.07) is 0. The predicted molar refractivity (Wildman–Crippen MR) is 71.1 cm³/mol. The normalized spacial score (nSPS) is 20.4. The van der Waals surface area contributed by atoms with Gasteiger partial charge >= 0.3 is 0 Å². The van der Waals surface area contributed by atoms with E-state index in [9.17, 15) is 4.79 Å². The molecule has 0 aliphatic carbocycles. The summed E-state index contributed by atoms with van der Waals surface area (Å²) in [5, 5.41) is 10.9. The molecular weight excluding hydrogens is 244 g/mol. The molecule has 2 rings (SSSR count). The Morgan fingerprint density at radius 3 is 3.16 bits per heavy atom. The molecule has 7 heteroatoms. The highest BCUT2D eigenvalue weighted by atomic mass is 16.1. The standard InChI is InChI=1S/C12H22N6O/c1-17-8-11(15-16-17)9-18-6-2-3-10(7-18)12(19)14-5-4-13/h8,10H,2-7,9,13H2,1H3,(H,14,19). The summed E-state index contributed by atoms with van der Waals surface area (Å²) in [4.78, 5) is 14.2. The number of aryl methyl sites for hydroxylation is 1. The molecule has 1 atom stereocenters. The molecule has 0 bridgehead atoms. The molecule has 0 aromatic carbocycles. The Hall–Kier alpha value is -1.47. The van der Waals surface area contributed by atoms with Gasteiger partial charge in [-0.15, -0.1) is 5.10 Å². The Morgan fingerprint density at radius 2 is 2.47 bits per heavy atom. The van der Waals surface area contributed by atoms with E-state index >= 15 is 0 Å². The molecule has 1 fully saturated rings. The summed E-state index contributed by atoms with van der Waals surface area (Å²) in [6.45, 7) is 3.60. The van der Waals surface area contributed by atoms with Crippen LogP contribution in [0.25, 0.3) is 0 Å². The summed E-state index contributed by atoms with van der Waals surface area (Å²) in [6.07, 6.45) is 3.91. The zero-order valence-corrected chi connectivity index (χ0v) is 11.4. The second-order valence-corrected chi connectivity index (χ2v) is 5.04. The number of carbonyl (C=O) groups is 1. The molecule has 0 radical (unpaired) electrons. The zero-order chi connectivity index (χ0) is 13.7. The molecule has 1 aromatic rings. The number of carbonyl (C=O) groups excluding carboxylic acids is 1. The number of likely N-dealkylation sites (tertiary alicyclic amines) is 1. The van der Waals surface area contributed by atoms with Gasteiger partial charge < -0.3 is 11.1 Å². The fourth-order valence-corrected chi connectivity index (χ4v) is 2.45. The summed E-state index contributed by atoms with van der Waals surface area (Å²) in [5.74, 6) is 0.186. The van der Waals surface area contributed by atoms with Gasteiger partial charge in [-0.3, -0.25) is 14.4 Å². The van der Waals surface area contributed by atoms with E-state index in [4.69, 9.17) is 5.73 Å². The first-order chi connectivity index (χ1) is 9.19. The lowest BCUT2D eigenvalue weighted by atomic mass is 9.97. The van der Waals surface area contributed by atoms with Crippen LogP contribution >= 0.6 is 0 Å². The van der Waals surface area contributed by atoms with E-state index in [1.165, 1.54) is 0 Å². The molecule has 3 N–H and O–H groups in total. The number of nitrogens with one attached hydrogen (secondary N) is 1. The van der Waals surface area contributed by atoms with Crippen LogP contribution < -0.4 is 11.1 Å². The van der Waals surface area contributed by atoms with Crippen molar-refractivity contribution >= 4 is 5.91 Å². The van der Waals surface area contributed by atoms with Crippen molar-refractivity contribution in [3.63, 3.8) is 0 Å². The second-order valence-electron chi connectivity index (χ2n) is 5.04. The van der Waals surface area contributed by atoms with Crippen LogP contribution in [0.2, 0.25) is 0 Å². The van der Waals surface area contributed by atoms with Crippen molar-refractivity contribution < 1.29 is 4.79 Å². The summed E-state index contributed by atoms with van der Waals surface area (Å²) in [7, 11) is 1.86. The lowest BCUT2D eigenvalue weighted by Gasteiger charge is -2.31. The number of piperidine rings is 1. The van der Waals surface area contributed by atoms with Gasteiger partial charge in [-0.05, 0) is 19.4 Å². The number of amides is 1. The highest BCUT2D eigenvalue weighted by Gasteiger charge is 2.25. The van der Waals surface area contributed by atoms with E-state index in [2.05, 4.69) is 20.5 Å².